The fraction of sp³-hybridized carbons (Fsp3) is 0.733. The van der Waals surface area contributed by atoms with E-state index in [1.165, 1.54) is 0 Å². The summed E-state index contributed by atoms with van der Waals surface area (Å²) in [4.78, 5) is 13.9. The molecule has 5 heteroatoms. The number of nitrogens with zero attached hydrogens (tertiary/aromatic N) is 2. The molecule has 20 heavy (non-hydrogen) atoms. The molecule has 5 nitrogen and oxygen atoms in total. The van der Waals surface area contributed by atoms with Crippen LogP contribution in [0.15, 0.2) is 4.52 Å². The summed E-state index contributed by atoms with van der Waals surface area (Å²) in [6.45, 7) is 4.43. The number of rotatable bonds is 5. The molecule has 0 aliphatic heterocycles. The first-order chi connectivity index (χ1) is 9.49. The van der Waals surface area contributed by atoms with Crippen molar-refractivity contribution in [2.75, 3.05) is 13.6 Å². The van der Waals surface area contributed by atoms with Gasteiger partial charge in [0, 0.05) is 31.5 Å². The zero-order valence-corrected chi connectivity index (χ0v) is 12.6. The van der Waals surface area contributed by atoms with Crippen LogP contribution in [0.4, 0.5) is 0 Å². The summed E-state index contributed by atoms with van der Waals surface area (Å²) in [5, 5.41) is 13.7. The maximum Gasteiger partial charge on any atom is 0.222 e. The first kappa shape index (κ1) is 15.0. The molecule has 1 aliphatic rings. The van der Waals surface area contributed by atoms with E-state index in [1.807, 2.05) is 20.9 Å². The fourth-order valence-corrected chi connectivity index (χ4v) is 2.97. The molecule has 0 spiro atoms. The smallest absolute Gasteiger partial charge is 0.222 e. The number of carbonyl (C=O) groups is 1. The third kappa shape index (κ3) is 3.39. The third-order valence-corrected chi connectivity index (χ3v) is 4.32. The van der Waals surface area contributed by atoms with E-state index < -0.39 is 0 Å². The van der Waals surface area contributed by atoms with Crippen molar-refractivity contribution < 1.29 is 14.4 Å². The van der Waals surface area contributed by atoms with Crippen LogP contribution in [0.1, 0.15) is 42.7 Å². The lowest BCUT2D eigenvalue weighted by Crippen LogP contribution is -2.34. The number of carbonyl (C=O) groups excluding carboxylic acids is 1. The summed E-state index contributed by atoms with van der Waals surface area (Å²) >= 11 is 0. The monoisotopic (exact) mass is 280 g/mol. The standard InChI is InChI=1S/C15H24N2O3/c1-10-13(11(2)20-16-10)7-8-15(19)17(3)9-12-5-4-6-14(12)18/h12,14,18H,4-9H2,1-3H3. The molecule has 1 heterocycles. The van der Waals surface area contributed by atoms with Crippen molar-refractivity contribution in [3.63, 3.8) is 0 Å². The zero-order chi connectivity index (χ0) is 14.7. The number of hydrogen-bond acceptors (Lipinski definition) is 4. The lowest BCUT2D eigenvalue weighted by atomic mass is 10.0. The molecule has 1 aliphatic carbocycles. The molecular formula is C15H24N2O3. The van der Waals surface area contributed by atoms with E-state index in [4.69, 9.17) is 4.52 Å². The first-order valence-electron chi connectivity index (χ1n) is 7.32. The molecule has 112 valence electrons. The maximum atomic E-state index is 12.1. The van der Waals surface area contributed by atoms with Crippen LogP contribution in [0, 0.1) is 19.8 Å². The van der Waals surface area contributed by atoms with Gasteiger partial charge in [0.05, 0.1) is 11.8 Å². The predicted octanol–water partition coefficient (Wildman–Crippen LogP) is 1.84. The highest BCUT2D eigenvalue weighted by Crippen LogP contribution is 2.26. The number of amides is 1. The van der Waals surface area contributed by atoms with Gasteiger partial charge in [-0.2, -0.15) is 0 Å². The molecule has 1 aromatic rings. The van der Waals surface area contributed by atoms with Gasteiger partial charge in [-0.15, -0.1) is 0 Å². The van der Waals surface area contributed by atoms with Crippen molar-refractivity contribution >= 4 is 5.91 Å². The van der Waals surface area contributed by atoms with E-state index in [2.05, 4.69) is 5.16 Å². The quantitative estimate of drug-likeness (QED) is 0.893. The molecule has 2 atom stereocenters. The van der Waals surface area contributed by atoms with Crippen LogP contribution in [0.2, 0.25) is 0 Å². The van der Waals surface area contributed by atoms with E-state index in [1.54, 1.807) is 4.90 Å². The third-order valence-electron chi connectivity index (χ3n) is 4.32. The maximum absolute atomic E-state index is 12.1. The Bertz CT molecular complexity index is 450. The molecule has 1 N–H and O–H groups in total. The number of hydrogen-bond donors (Lipinski definition) is 1. The Balaban J connectivity index is 1.82. The van der Waals surface area contributed by atoms with Crippen LogP contribution in [-0.4, -0.2) is 40.8 Å². The normalized spacial score (nSPS) is 22.2. The lowest BCUT2D eigenvalue weighted by molar-refractivity contribution is -0.130. The van der Waals surface area contributed by atoms with Crippen molar-refractivity contribution in [2.45, 2.75) is 52.1 Å². The second-order valence-electron chi connectivity index (χ2n) is 5.84. The van der Waals surface area contributed by atoms with Gasteiger partial charge in [-0.05, 0) is 33.1 Å². The van der Waals surface area contributed by atoms with Gasteiger partial charge < -0.3 is 14.5 Å². The summed E-state index contributed by atoms with van der Waals surface area (Å²) in [6, 6.07) is 0. The fourth-order valence-electron chi connectivity index (χ4n) is 2.97. The molecule has 2 rings (SSSR count). The largest absolute Gasteiger partial charge is 0.393 e. The number of aliphatic hydroxyl groups excluding tert-OH is 1. The lowest BCUT2D eigenvalue weighted by Gasteiger charge is -2.23. The van der Waals surface area contributed by atoms with E-state index in [0.717, 1.165) is 36.3 Å². The Morgan fingerprint density at radius 2 is 2.20 bits per heavy atom. The number of aryl methyl sites for hydroxylation is 2. The molecule has 0 aromatic carbocycles. The minimum Gasteiger partial charge on any atom is -0.393 e. The van der Waals surface area contributed by atoms with Gasteiger partial charge in [0.25, 0.3) is 0 Å². The van der Waals surface area contributed by atoms with Crippen molar-refractivity contribution in [1.82, 2.24) is 10.1 Å². The highest BCUT2D eigenvalue weighted by Gasteiger charge is 2.27. The van der Waals surface area contributed by atoms with Gasteiger partial charge >= 0.3 is 0 Å². The molecule has 0 radical (unpaired) electrons. The van der Waals surface area contributed by atoms with Crippen LogP contribution >= 0.6 is 0 Å². The highest BCUT2D eigenvalue weighted by atomic mass is 16.5. The van der Waals surface area contributed by atoms with Gasteiger partial charge in [-0.25, -0.2) is 0 Å². The molecule has 2 unspecified atom stereocenters. The molecule has 0 bridgehead atoms. The van der Waals surface area contributed by atoms with Crippen LogP contribution in [-0.2, 0) is 11.2 Å². The number of aromatic nitrogens is 1. The van der Waals surface area contributed by atoms with Gasteiger partial charge in [0.1, 0.15) is 5.76 Å². The zero-order valence-electron chi connectivity index (χ0n) is 12.6. The second-order valence-corrected chi connectivity index (χ2v) is 5.84. The van der Waals surface area contributed by atoms with E-state index in [0.29, 0.717) is 19.4 Å². The van der Waals surface area contributed by atoms with Gasteiger partial charge in [0.15, 0.2) is 0 Å². The van der Waals surface area contributed by atoms with Crippen LogP contribution < -0.4 is 0 Å². The Morgan fingerprint density at radius 1 is 1.45 bits per heavy atom. The average Bonchev–Trinajstić information content (AvgIpc) is 2.95. The van der Waals surface area contributed by atoms with Gasteiger partial charge in [-0.1, -0.05) is 11.6 Å². The molecule has 1 fully saturated rings. The summed E-state index contributed by atoms with van der Waals surface area (Å²) in [5.74, 6) is 1.15. The van der Waals surface area contributed by atoms with E-state index >= 15 is 0 Å². The van der Waals surface area contributed by atoms with Gasteiger partial charge in [0.2, 0.25) is 5.91 Å². The van der Waals surface area contributed by atoms with Crippen LogP contribution in [0.25, 0.3) is 0 Å². The Kier molecular flexibility index (Phi) is 4.81. The summed E-state index contributed by atoms with van der Waals surface area (Å²) in [6.07, 6.45) is 3.83. The molecular weight excluding hydrogens is 256 g/mol. The molecule has 1 amide bonds. The van der Waals surface area contributed by atoms with Crippen molar-refractivity contribution in [3.05, 3.63) is 17.0 Å². The summed E-state index contributed by atoms with van der Waals surface area (Å²) in [7, 11) is 1.82. The summed E-state index contributed by atoms with van der Waals surface area (Å²) in [5.41, 5.74) is 1.90. The SMILES string of the molecule is Cc1noc(C)c1CCC(=O)N(C)CC1CCCC1O. The van der Waals surface area contributed by atoms with Crippen LogP contribution in [0.5, 0.6) is 0 Å². The highest BCUT2D eigenvalue weighted by molar-refractivity contribution is 5.76. The summed E-state index contributed by atoms with van der Waals surface area (Å²) < 4.78 is 5.10. The van der Waals surface area contributed by atoms with E-state index in [9.17, 15) is 9.90 Å². The Labute approximate surface area is 119 Å². The molecule has 1 aromatic heterocycles. The topological polar surface area (TPSA) is 66.6 Å². The van der Waals surface area contributed by atoms with Gasteiger partial charge in [-0.3, -0.25) is 4.79 Å². The Morgan fingerprint density at radius 3 is 2.75 bits per heavy atom. The first-order valence-corrected chi connectivity index (χ1v) is 7.32. The minimum atomic E-state index is -0.243. The Hall–Kier alpha value is -1.36. The average molecular weight is 280 g/mol. The van der Waals surface area contributed by atoms with Crippen LogP contribution in [0.3, 0.4) is 0 Å². The van der Waals surface area contributed by atoms with Crippen molar-refractivity contribution in [1.29, 1.82) is 0 Å². The number of aliphatic hydroxyl groups is 1. The van der Waals surface area contributed by atoms with Crippen molar-refractivity contribution in [3.8, 4) is 0 Å². The molecule has 1 saturated carbocycles. The van der Waals surface area contributed by atoms with E-state index in [-0.39, 0.29) is 17.9 Å². The second kappa shape index (κ2) is 6.39. The predicted molar refractivity (Wildman–Crippen MR) is 75.3 cm³/mol. The minimum absolute atomic E-state index is 0.115. The molecule has 0 saturated heterocycles. The van der Waals surface area contributed by atoms with Crippen molar-refractivity contribution in [2.24, 2.45) is 5.92 Å².